The average Bonchev–Trinajstić information content (AvgIpc) is 2.90. The summed E-state index contributed by atoms with van der Waals surface area (Å²) in [7, 11) is 1.37. The number of nitrogens with one attached hydrogen (secondary N) is 2. The van der Waals surface area contributed by atoms with E-state index in [9.17, 15) is 24.6 Å². The van der Waals surface area contributed by atoms with E-state index in [1.165, 1.54) is 61.7 Å². The molecule has 1 aromatic heterocycles. The molecular weight excluding hydrogens is 504 g/mol. The van der Waals surface area contributed by atoms with Gasteiger partial charge in [0.2, 0.25) is 5.88 Å². The van der Waals surface area contributed by atoms with Gasteiger partial charge in [-0.05, 0) is 53.4 Å². The Hall–Kier alpha value is -4.77. The summed E-state index contributed by atoms with van der Waals surface area (Å²) in [5.74, 6) is -2.66. The number of esters is 1. The summed E-state index contributed by atoms with van der Waals surface area (Å²) in [6.45, 7) is 5.28. The van der Waals surface area contributed by atoms with Gasteiger partial charge in [-0.15, -0.1) is 0 Å². The van der Waals surface area contributed by atoms with Crippen LogP contribution in [0, 0.1) is 10.8 Å². The van der Waals surface area contributed by atoms with Gasteiger partial charge in [-0.3, -0.25) is 10.2 Å². The van der Waals surface area contributed by atoms with E-state index in [0.717, 1.165) is 0 Å². The van der Waals surface area contributed by atoms with Gasteiger partial charge >= 0.3 is 11.9 Å². The number of carboxylic acid groups (broad SMARTS) is 1. The predicted octanol–water partition coefficient (Wildman–Crippen LogP) is 3.10. The van der Waals surface area contributed by atoms with Crippen molar-refractivity contribution in [2.24, 2.45) is 11.1 Å². The van der Waals surface area contributed by atoms with E-state index in [4.69, 9.17) is 20.6 Å². The Bertz CT molecular complexity index is 1410. The van der Waals surface area contributed by atoms with Crippen LogP contribution in [0.1, 0.15) is 57.5 Å². The number of benzene rings is 2. The van der Waals surface area contributed by atoms with Crippen molar-refractivity contribution in [3.63, 3.8) is 0 Å². The molecule has 1 amide bonds. The Morgan fingerprint density at radius 1 is 1.03 bits per heavy atom. The number of aromatic nitrogens is 1. The van der Waals surface area contributed by atoms with E-state index in [0.29, 0.717) is 5.56 Å². The number of nitrogen functional groups attached to an aromatic ring is 1. The van der Waals surface area contributed by atoms with E-state index in [-0.39, 0.29) is 52.0 Å². The molecule has 204 valence electrons. The number of methoxy groups -OCH3 is 1. The lowest BCUT2D eigenvalue weighted by molar-refractivity contribution is 0.0693. The molecule has 0 aliphatic rings. The lowest BCUT2D eigenvalue weighted by Gasteiger charge is -2.29. The molecular formula is C28H30N4O7. The molecule has 6 N–H and O–H groups in total. The summed E-state index contributed by atoms with van der Waals surface area (Å²) in [6.07, 6.45) is 0. The first kappa shape index (κ1) is 28.8. The van der Waals surface area contributed by atoms with Gasteiger partial charge in [-0.2, -0.15) is 0 Å². The van der Waals surface area contributed by atoms with Crippen LogP contribution in [0.2, 0.25) is 0 Å². The molecule has 0 aliphatic carbocycles. The Morgan fingerprint density at radius 3 is 2.18 bits per heavy atom. The molecule has 1 atom stereocenters. The van der Waals surface area contributed by atoms with Gasteiger partial charge in [0.25, 0.3) is 5.91 Å². The molecule has 0 bridgehead atoms. The molecule has 39 heavy (non-hydrogen) atoms. The summed E-state index contributed by atoms with van der Waals surface area (Å²) < 4.78 is 10.6. The number of carbonyl (C=O) groups excluding carboxylic acids is 2. The molecule has 0 radical (unpaired) electrons. The SMILES string of the molecule is COc1ccc(-c2ccc(C(=O)NC(CO)C(C)(C)C)cc2C(=O)O)c(C(=O)Oc2ccc(C(=N)N)cc2)n1. The van der Waals surface area contributed by atoms with Crippen LogP contribution < -0.4 is 20.5 Å². The number of rotatable bonds is 9. The lowest BCUT2D eigenvalue weighted by atomic mass is 9.87. The number of aliphatic hydroxyl groups is 1. The van der Waals surface area contributed by atoms with E-state index in [2.05, 4.69) is 10.3 Å². The van der Waals surface area contributed by atoms with Crippen molar-refractivity contribution in [2.45, 2.75) is 26.8 Å². The zero-order valence-electron chi connectivity index (χ0n) is 21.9. The number of amidine groups is 1. The summed E-state index contributed by atoms with van der Waals surface area (Å²) in [6, 6.07) is 12.4. The molecule has 11 nitrogen and oxygen atoms in total. The summed E-state index contributed by atoms with van der Waals surface area (Å²) in [4.78, 5) is 42.5. The normalized spacial score (nSPS) is 11.8. The molecule has 0 fully saturated rings. The summed E-state index contributed by atoms with van der Waals surface area (Å²) >= 11 is 0. The van der Waals surface area contributed by atoms with Gasteiger partial charge in [0, 0.05) is 22.8 Å². The van der Waals surface area contributed by atoms with E-state index in [1.807, 2.05) is 20.8 Å². The molecule has 1 unspecified atom stereocenters. The first-order valence-corrected chi connectivity index (χ1v) is 11.9. The van der Waals surface area contributed by atoms with Crippen molar-refractivity contribution in [3.8, 4) is 22.8 Å². The van der Waals surface area contributed by atoms with Crippen molar-refractivity contribution in [1.29, 1.82) is 5.41 Å². The minimum absolute atomic E-state index is 0.0648. The van der Waals surface area contributed by atoms with Crippen LogP contribution in [0.15, 0.2) is 54.6 Å². The number of aliphatic hydroxyl groups excluding tert-OH is 1. The van der Waals surface area contributed by atoms with Crippen LogP contribution in [0.4, 0.5) is 0 Å². The number of pyridine rings is 1. The number of aromatic carboxylic acids is 1. The maximum atomic E-state index is 13.2. The molecule has 3 rings (SSSR count). The zero-order valence-corrected chi connectivity index (χ0v) is 21.9. The predicted molar refractivity (Wildman–Crippen MR) is 143 cm³/mol. The fourth-order valence-corrected chi connectivity index (χ4v) is 3.66. The van der Waals surface area contributed by atoms with Gasteiger partial charge in [-0.25, -0.2) is 14.6 Å². The topological polar surface area (TPSA) is 185 Å². The van der Waals surface area contributed by atoms with Crippen LogP contribution in [0.25, 0.3) is 11.1 Å². The monoisotopic (exact) mass is 534 g/mol. The molecule has 0 aliphatic heterocycles. The highest BCUT2D eigenvalue weighted by Gasteiger charge is 2.27. The first-order valence-electron chi connectivity index (χ1n) is 11.9. The zero-order chi connectivity index (χ0) is 28.9. The number of nitrogens with zero attached hydrogens (tertiary/aromatic N) is 1. The molecule has 0 spiro atoms. The Labute approximate surface area is 225 Å². The molecule has 0 saturated heterocycles. The lowest BCUT2D eigenvalue weighted by Crippen LogP contribution is -2.46. The quantitative estimate of drug-likeness (QED) is 0.119. The maximum absolute atomic E-state index is 13.2. The van der Waals surface area contributed by atoms with E-state index < -0.39 is 29.3 Å². The molecule has 11 heteroatoms. The number of nitrogens with two attached hydrogens (primary N) is 1. The second-order valence-electron chi connectivity index (χ2n) is 9.72. The molecule has 3 aromatic rings. The molecule has 0 saturated carbocycles. The number of hydrogen-bond donors (Lipinski definition) is 5. The highest BCUT2D eigenvalue weighted by atomic mass is 16.5. The van der Waals surface area contributed by atoms with Crippen LogP contribution in [-0.4, -0.2) is 58.6 Å². The number of ether oxygens (including phenoxy) is 2. The average molecular weight is 535 g/mol. The molecule has 1 heterocycles. The molecule has 2 aromatic carbocycles. The third-order valence-corrected chi connectivity index (χ3v) is 5.98. The highest BCUT2D eigenvalue weighted by molar-refractivity contribution is 6.05. The second kappa shape index (κ2) is 11.7. The first-order chi connectivity index (χ1) is 18.3. The van der Waals surface area contributed by atoms with E-state index in [1.54, 1.807) is 0 Å². The minimum Gasteiger partial charge on any atom is -0.481 e. The van der Waals surface area contributed by atoms with Crippen molar-refractivity contribution in [3.05, 3.63) is 77.0 Å². The van der Waals surface area contributed by atoms with Gasteiger partial charge in [0.15, 0.2) is 5.69 Å². The summed E-state index contributed by atoms with van der Waals surface area (Å²) in [5.41, 5.74) is 5.35. The van der Waals surface area contributed by atoms with Gasteiger partial charge in [0.05, 0.1) is 25.3 Å². The fraction of sp³-hybridized carbons (Fsp3) is 0.250. The largest absolute Gasteiger partial charge is 0.481 e. The van der Waals surface area contributed by atoms with Crippen LogP contribution in [0.3, 0.4) is 0 Å². The van der Waals surface area contributed by atoms with Crippen molar-refractivity contribution in [1.82, 2.24) is 10.3 Å². The second-order valence-corrected chi connectivity index (χ2v) is 9.72. The van der Waals surface area contributed by atoms with Gasteiger partial charge < -0.3 is 30.7 Å². The standard InChI is InChI=1S/C28H30N4O7/c1-28(2,3)21(14-33)31-25(34)16-7-10-18(20(13-16)26(35)36)19-11-12-22(38-4)32-23(19)27(37)39-17-8-5-15(6-9-17)24(29)30/h5-13,21,33H,14H2,1-4H3,(H3,29,30)(H,31,34)(H,35,36). The number of carboxylic acids is 1. The smallest absolute Gasteiger partial charge is 0.363 e. The van der Waals surface area contributed by atoms with E-state index >= 15 is 0 Å². The highest BCUT2D eigenvalue weighted by Crippen LogP contribution is 2.30. The van der Waals surface area contributed by atoms with Gasteiger partial charge in [0.1, 0.15) is 11.6 Å². The Balaban J connectivity index is 2.02. The number of carbonyl (C=O) groups is 3. The Morgan fingerprint density at radius 2 is 1.64 bits per heavy atom. The van der Waals surface area contributed by atoms with Crippen LogP contribution >= 0.6 is 0 Å². The fourth-order valence-electron chi connectivity index (χ4n) is 3.66. The van der Waals surface area contributed by atoms with Gasteiger partial charge in [-0.1, -0.05) is 26.8 Å². The van der Waals surface area contributed by atoms with Crippen LogP contribution in [0.5, 0.6) is 11.6 Å². The third-order valence-electron chi connectivity index (χ3n) is 5.98. The number of hydrogen-bond acceptors (Lipinski definition) is 8. The van der Waals surface area contributed by atoms with Crippen molar-refractivity contribution in [2.75, 3.05) is 13.7 Å². The third kappa shape index (κ3) is 6.76. The maximum Gasteiger partial charge on any atom is 0.363 e. The number of amides is 1. The minimum atomic E-state index is -1.33. The van der Waals surface area contributed by atoms with Crippen molar-refractivity contribution < 1.29 is 34.1 Å². The van der Waals surface area contributed by atoms with Crippen LogP contribution in [-0.2, 0) is 0 Å². The Kier molecular flexibility index (Phi) is 8.67. The summed E-state index contributed by atoms with van der Waals surface area (Å²) in [5, 5.41) is 29.8. The van der Waals surface area contributed by atoms with Crippen molar-refractivity contribution >= 4 is 23.7 Å².